The van der Waals surface area contributed by atoms with Crippen LogP contribution >= 0.6 is 0 Å². The molecule has 2 fully saturated rings. The molecule has 1 aromatic carbocycles. The summed E-state index contributed by atoms with van der Waals surface area (Å²) in [5.74, 6) is 3.39. The number of ether oxygens (including phenoxy) is 1. The van der Waals surface area contributed by atoms with Crippen LogP contribution in [0.1, 0.15) is 25.7 Å². The van der Waals surface area contributed by atoms with Gasteiger partial charge in [0.25, 0.3) is 0 Å². The third-order valence-corrected chi connectivity index (χ3v) is 5.63. The second-order valence-corrected chi connectivity index (χ2v) is 6.69. The monoisotopic (exact) mass is 272 g/mol. The van der Waals surface area contributed by atoms with E-state index in [2.05, 4.69) is 29.2 Å². The summed E-state index contributed by atoms with van der Waals surface area (Å²) < 4.78 is 5.86. The largest absolute Gasteiger partial charge is 0.491 e. The molecule has 2 bridgehead atoms. The van der Waals surface area contributed by atoms with E-state index in [1.165, 1.54) is 24.9 Å². The number of fused-ring (bicyclic) bond motifs is 3. The van der Waals surface area contributed by atoms with Crippen molar-refractivity contribution in [2.45, 2.75) is 31.7 Å². The van der Waals surface area contributed by atoms with Crippen LogP contribution in [0.15, 0.2) is 24.3 Å². The maximum absolute atomic E-state index is 6.48. The smallest absolute Gasteiger partial charge is 0.142 e. The van der Waals surface area contributed by atoms with Gasteiger partial charge in [0.05, 0.1) is 12.3 Å². The Morgan fingerprint density at radius 1 is 1.20 bits per heavy atom. The molecular formula is C17H24N2O. The normalized spacial score (nSPS) is 35.5. The van der Waals surface area contributed by atoms with Crippen LogP contribution in [0.2, 0.25) is 0 Å². The standard InChI is InChI=1S/C17H24N2O/c18-17-13-7-6-12(10-13)14(17)11-19-8-3-9-20-16-5-2-1-4-15(16)19/h1-2,4-5,12-14,17H,3,6-11,18H2. The molecule has 0 aromatic heterocycles. The Bertz CT molecular complexity index is 488. The van der Waals surface area contributed by atoms with Crippen molar-refractivity contribution in [2.75, 3.05) is 24.6 Å². The van der Waals surface area contributed by atoms with Gasteiger partial charge in [0.2, 0.25) is 0 Å². The molecule has 108 valence electrons. The zero-order valence-electron chi connectivity index (χ0n) is 12.0. The number of anilines is 1. The maximum Gasteiger partial charge on any atom is 0.142 e. The number of benzene rings is 1. The summed E-state index contributed by atoms with van der Waals surface area (Å²) in [4.78, 5) is 2.52. The molecule has 4 rings (SSSR count). The van der Waals surface area contributed by atoms with Gasteiger partial charge in [-0.05, 0) is 55.6 Å². The van der Waals surface area contributed by atoms with Crippen LogP contribution in [-0.4, -0.2) is 25.7 Å². The van der Waals surface area contributed by atoms with Crippen LogP contribution in [0, 0.1) is 17.8 Å². The van der Waals surface area contributed by atoms with Gasteiger partial charge in [0, 0.05) is 19.1 Å². The van der Waals surface area contributed by atoms with Crippen molar-refractivity contribution in [3.63, 3.8) is 0 Å². The number of hydrogen-bond acceptors (Lipinski definition) is 3. The first kappa shape index (κ1) is 12.5. The Balaban J connectivity index is 1.56. The third-order valence-electron chi connectivity index (χ3n) is 5.63. The zero-order valence-corrected chi connectivity index (χ0v) is 12.0. The molecular weight excluding hydrogens is 248 g/mol. The highest BCUT2D eigenvalue weighted by atomic mass is 16.5. The van der Waals surface area contributed by atoms with E-state index in [1.54, 1.807) is 0 Å². The van der Waals surface area contributed by atoms with Crippen LogP contribution in [0.5, 0.6) is 5.75 Å². The Labute approximate surface area is 121 Å². The zero-order chi connectivity index (χ0) is 13.5. The predicted octanol–water partition coefficient (Wildman–Crippen LogP) is 2.65. The van der Waals surface area contributed by atoms with Gasteiger partial charge in [0.1, 0.15) is 5.75 Å². The Morgan fingerprint density at radius 3 is 2.90 bits per heavy atom. The lowest BCUT2D eigenvalue weighted by Crippen LogP contribution is -2.43. The summed E-state index contributed by atoms with van der Waals surface area (Å²) in [5.41, 5.74) is 7.75. The maximum atomic E-state index is 6.48. The van der Waals surface area contributed by atoms with Gasteiger partial charge >= 0.3 is 0 Å². The highest BCUT2D eigenvalue weighted by Crippen LogP contribution is 2.48. The van der Waals surface area contributed by atoms with Crippen LogP contribution in [0.4, 0.5) is 5.69 Å². The van der Waals surface area contributed by atoms with Crippen molar-refractivity contribution < 1.29 is 4.74 Å². The molecule has 2 saturated carbocycles. The molecule has 4 unspecified atom stereocenters. The Kier molecular flexibility index (Phi) is 3.10. The number of nitrogens with two attached hydrogens (primary N) is 1. The molecule has 1 aromatic rings. The fourth-order valence-corrected chi connectivity index (χ4v) is 4.57. The summed E-state index contributed by atoms with van der Waals surface area (Å²) in [6.07, 6.45) is 5.24. The van der Waals surface area contributed by atoms with Gasteiger partial charge in [-0.1, -0.05) is 12.1 Å². The highest BCUT2D eigenvalue weighted by Gasteiger charge is 2.46. The first-order valence-electron chi connectivity index (χ1n) is 8.05. The minimum Gasteiger partial charge on any atom is -0.491 e. The van der Waals surface area contributed by atoms with Gasteiger partial charge < -0.3 is 15.4 Å². The van der Waals surface area contributed by atoms with Gasteiger partial charge in [-0.15, -0.1) is 0 Å². The van der Waals surface area contributed by atoms with Crippen LogP contribution in [0.3, 0.4) is 0 Å². The summed E-state index contributed by atoms with van der Waals surface area (Å²) >= 11 is 0. The number of para-hydroxylation sites is 2. The molecule has 3 nitrogen and oxygen atoms in total. The van der Waals surface area contributed by atoms with Crippen molar-refractivity contribution in [3.05, 3.63) is 24.3 Å². The average molecular weight is 272 g/mol. The Hall–Kier alpha value is -1.22. The summed E-state index contributed by atoms with van der Waals surface area (Å²) in [6.45, 7) is 3.04. The molecule has 3 heteroatoms. The molecule has 0 radical (unpaired) electrons. The highest BCUT2D eigenvalue weighted by molar-refractivity contribution is 5.59. The molecule has 0 spiro atoms. The molecule has 4 atom stereocenters. The third kappa shape index (κ3) is 1.99. The average Bonchev–Trinajstić information content (AvgIpc) is 2.99. The number of hydrogen-bond donors (Lipinski definition) is 1. The van der Waals surface area contributed by atoms with E-state index in [-0.39, 0.29) is 0 Å². The second-order valence-electron chi connectivity index (χ2n) is 6.69. The van der Waals surface area contributed by atoms with E-state index in [9.17, 15) is 0 Å². The topological polar surface area (TPSA) is 38.5 Å². The lowest BCUT2D eigenvalue weighted by atomic mass is 9.84. The van der Waals surface area contributed by atoms with Gasteiger partial charge in [0.15, 0.2) is 0 Å². The summed E-state index contributed by atoms with van der Waals surface area (Å²) in [5, 5.41) is 0. The summed E-state index contributed by atoms with van der Waals surface area (Å²) in [6, 6.07) is 8.88. The van der Waals surface area contributed by atoms with E-state index in [4.69, 9.17) is 10.5 Å². The van der Waals surface area contributed by atoms with Crippen LogP contribution < -0.4 is 15.4 Å². The minimum absolute atomic E-state index is 0.421. The van der Waals surface area contributed by atoms with E-state index < -0.39 is 0 Å². The molecule has 0 saturated heterocycles. The molecule has 3 aliphatic rings. The van der Waals surface area contributed by atoms with Crippen molar-refractivity contribution >= 4 is 5.69 Å². The van der Waals surface area contributed by atoms with E-state index in [1.807, 2.05) is 0 Å². The number of nitrogens with zero attached hydrogens (tertiary/aromatic N) is 1. The van der Waals surface area contributed by atoms with Crippen molar-refractivity contribution in [3.8, 4) is 5.75 Å². The van der Waals surface area contributed by atoms with E-state index >= 15 is 0 Å². The van der Waals surface area contributed by atoms with Crippen molar-refractivity contribution in [1.29, 1.82) is 0 Å². The van der Waals surface area contributed by atoms with E-state index in [0.717, 1.165) is 43.7 Å². The fraction of sp³-hybridized carbons (Fsp3) is 0.647. The van der Waals surface area contributed by atoms with Crippen LogP contribution in [0.25, 0.3) is 0 Å². The van der Waals surface area contributed by atoms with Crippen molar-refractivity contribution in [1.82, 2.24) is 0 Å². The first-order chi connectivity index (χ1) is 9.83. The van der Waals surface area contributed by atoms with Gasteiger partial charge in [-0.25, -0.2) is 0 Å². The molecule has 2 N–H and O–H groups in total. The quantitative estimate of drug-likeness (QED) is 0.899. The lowest BCUT2D eigenvalue weighted by Gasteiger charge is -2.34. The molecule has 0 amide bonds. The Morgan fingerprint density at radius 2 is 2.05 bits per heavy atom. The van der Waals surface area contributed by atoms with Crippen molar-refractivity contribution in [2.24, 2.45) is 23.5 Å². The SMILES string of the molecule is NC1C2CCC(C2)C1CN1CCCOc2ccccc21. The van der Waals surface area contributed by atoms with Gasteiger partial charge in [-0.3, -0.25) is 0 Å². The summed E-state index contributed by atoms with van der Waals surface area (Å²) in [7, 11) is 0. The van der Waals surface area contributed by atoms with Crippen LogP contribution in [-0.2, 0) is 0 Å². The molecule has 20 heavy (non-hydrogen) atoms. The fourth-order valence-electron chi connectivity index (χ4n) is 4.57. The minimum atomic E-state index is 0.421. The number of rotatable bonds is 2. The first-order valence-corrected chi connectivity index (χ1v) is 8.05. The lowest BCUT2D eigenvalue weighted by molar-refractivity contribution is 0.290. The molecule has 2 aliphatic carbocycles. The second kappa shape index (κ2) is 4.96. The predicted molar refractivity (Wildman–Crippen MR) is 81.1 cm³/mol. The molecule has 1 heterocycles. The van der Waals surface area contributed by atoms with Gasteiger partial charge in [-0.2, -0.15) is 0 Å². The molecule has 1 aliphatic heterocycles. The van der Waals surface area contributed by atoms with E-state index in [0.29, 0.717) is 12.0 Å².